The molecule has 0 unspecified atom stereocenters. The first-order valence-electron chi connectivity index (χ1n) is 3.97. The van der Waals surface area contributed by atoms with Crippen molar-refractivity contribution in [2.24, 2.45) is 0 Å². The lowest BCUT2D eigenvalue weighted by molar-refractivity contribution is -0.124. The molecule has 0 aliphatic carbocycles. The van der Waals surface area contributed by atoms with Crippen LogP contribution < -0.4 is 0 Å². The molecule has 0 aromatic carbocycles. The van der Waals surface area contributed by atoms with E-state index in [0.29, 0.717) is 0 Å². The number of Topliss-reactive ketones (excluding diaryl/α,β-unsaturated/α-hetero) is 1. The third-order valence-electron chi connectivity index (χ3n) is 1.68. The Hall–Kier alpha value is -0.670. The zero-order chi connectivity index (χ0) is 9.35. The SMILES string of the molecule is C=C[C@@H]1O[C@H]1C(=O)CC(C)(C)O. The van der Waals surface area contributed by atoms with Gasteiger partial charge < -0.3 is 9.84 Å². The zero-order valence-corrected chi connectivity index (χ0v) is 7.41. The van der Waals surface area contributed by atoms with Crippen LogP contribution in [0.15, 0.2) is 12.7 Å². The molecule has 0 saturated carbocycles. The topological polar surface area (TPSA) is 49.8 Å². The van der Waals surface area contributed by atoms with Crippen molar-refractivity contribution in [2.75, 3.05) is 0 Å². The van der Waals surface area contributed by atoms with Gasteiger partial charge >= 0.3 is 0 Å². The van der Waals surface area contributed by atoms with Gasteiger partial charge in [-0.3, -0.25) is 4.79 Å². The van der Waals surface area contributed by atoms with Crippen molar-refractivity contribution < 1.29 is 14.6 Å². The number of hydrogen-bond acceptors (Lipinski definition) is 3. The third-order valence-corrected chi connectivity index (χ3v) is 1.68. The van der Waals surface area contributed by atoms with E-state index in [-0.39, 0.29) is 24.4 Å². The predicted octanol–water partition coefficient (Wildman–Crippen LogP) is 0.670. The van der Waals surface area contributed by atoms with E-state index in [1.807, 2.05) is 0 Å². The lowest BCUT2D eigenvalue weighted by Gasteiger charge is -2.14. The molecule has 12 heavy (non-hydrogen) atoms. The van der Waals surface area contributed by atoms with Crippen LogP contribution in [0.4, 0.5) is 0 Å². The van der Waals surface area contributed by atoms with Gasteiger partial charge in [0.15, 0.2) is 5.78 Å². The number of epoxide rings is 1. The summed E-state index contributed by atoms with van der Waals surface area (Å²) in [6.45, 7) is 6.73. The second kappa shape index (κ2) is 2.99. The van der Waals surface area contributed by atoms with Crippen LogP contribution in [0.25, 0.3) is 0 Å². The third kappa shape index (κ3) is 2.43. The van der Waals surface area contributed by atoms with Crippen molar-refractivity contribution in [1.29, 1.82) is 0 Å². The second-order valence-electron chi connectivity index (χ2n) is 3.71. The molecule has 1 aliphatic heterocycles. The van der Waals surface area contributed by atoms with E-state index >= 15 is 0 Å². The molecule has 0 amide bonds. The molecule has 68 valence electrons. The fraction of sp³-hybridized carbons (Fsp3) is 0.667. The van der Waals surface area contributed by atoms with Crippen LogP contribution in [0, 0.1) is 0 Å². The van der Waals surface area contributed by atoms with E-state index in [1.165, 1.54) is 0 Å². The van der Waals surface area contributed by atoms with Gasteiger partial charge in [0.1, 0.15) is 12.2 Å². The van der Waals surface area contributed by atoms with Crippen LogP contribution in [0.5, 0.6) is 0 Å². The van der Waals surface area contributed by atoms with Crippen molar-refractivity contribution in [3.8, 4) is 0 Å². The maximum Gasteiger partial charge on any atom is 0.167 e. The van der Waals surface area contributed by atoms with E-state index in [4.69, 9.17) is 4.74 Å². The molecule has 2 atom stereocenters. The van der Waals surface area contributed by atoms with E-state index in [0.717, 1.165) is 0 Å². The van der Waals surface area contributed by atoms with Crippen LogP contribution in [0.3, 0.4) is 0 Å². The quantitative estimate of drug-likeness (QED) is 0.498. The summed E-state index contributed by atoms with van der Waals surface area (Å²) in [5, 5.41) is 9.32. The standard InChI is InChI=1S/C9H14O3/c1-4-7-8(12-7)6(10)5-9(2,3)11/h4,7-8,11H,1,5H2,2-3H3/t7-,8-/m0/s1. The predicted molar refractivity (Wildman–Crippen MR) is 44.8 cm³/mol. The first-order chi connectivity index (χ1) is 5.44. The van der Waals surface area contributed by atoms with Crippen molar-refractivity contribution in [3.63, 3.8) is 0 Å². The van der Waals surface area contributed by atoms with Crippen molar-refractivity contribution in [3.05, 3.63) is 12.7 Å². The van der Waals surface area contributed by atoms with Crippen molar-refractivity contribution in [1.82, 2.24) is 0 Å². The van der Waals surface area contributed by atoms with Gasteiger partial charge in [-0.25, -0.2) is 0 Å². The van der Waals surface area contributed by atoms with E-state index in [2.05, 4.69) is 6.58 Å². The van der Waals surface area contributed by atoms with Crippen molar-refractivity contribution in [2.45, 2.75) is 38.1 Å². The number of carbonyl (C=O) groups is 1. The van der Waals surface area contributed by atoms with E-state index < -0.39 is 5.60 Å². The highest BCUT2D eigenvalue weighted by atomic mass is 16.6. The molecule has 3 nitrogen and oxygen atoms in total. The molecule has 0 spiro atoms. The van der Waals surface area contributed by atoms with Gasteiger partial charge in [-0.15, -0.1) is 6.58 Å². The Labute approximate surface area is 72.0 Å². The maximum atomic E-state index is 11.3. The molecular weight excluding hydrogens is 156 g/mol. The molecule has 1 saturated heterocycles. The van der Waals surface area contributed by atoms with Gasteiger partial charge in [0, 0.05) is 6.42 Å². The first kappa shape index (κ1) is 9.42. The highest BCUT2D eigenvalue weighted by molar-refractivity contribution is 5.87. The zero-order valence-electron chi connectivity index (χ0n) is 7.41. The van der Waals surface area contributed by atoms with Gasteiger partial charge in [0.2, 0.25) is 0 Å². The van der Waals surface area contributed by atoms with Crippen LogP contribution >= 0.6 is 0 Å². The highest BCUT2D eigenvalue weighted by Gasteiger charge is 2.43. The summed E-state index contributed by atoms with van der Waals surface area (Å²) in [5.41, 5.74) is -0.936. The van der Waals surface area contributed by atoms with E-state index in [1.54, 1.807) is 19.9 Å². The van der Waals surface area contributed by atoms with Crippen LogP contribution in [-0.2, 0) is 9.53 Å². The summed E-state index contributed by atoms with van der Waals surface area (Å²) in [6.07, 6.45) is 1.27. The Morgan fingerprint density at radius 3 is 2.67 bits per heavy atom. The lowest BCUT2D eigenvalue weighted by Crippen LogP contribution is -2.26. The molecule has 3 heteroatoms. The Balaban J connectivity index is 2.36. The number of carbonyl (C=O) groups excluding carboxylic acids is 1. The van der Waals surface area contributed by atoms with Gasteiger partial charge in [-0.1, -0.05) is 6.08 Å². The molecule has 0 bridgehead atoms. The Bertz CT molecular complexity index is 202. The number of ketones is 1. The smallest absolute Gasteiger partial charge is 0.167 e. The molecule has 0 aromatic rings. The maximum absolute atomic E-state index is 11.3. The number of ether oxygens (including phenoxy) is 1. The summed E-state index contributed by atoms with van der Waals surface area (Å²) >= 11 is 0. The summed E-state index contributed by atoms with van der Waals surface area (Å²) < 4.78 is 5.00. The summed E-state index contributed by atoms with van der Waals surface area (Å²) in [4.78, 5) is 11.3. The summed E-state index contributed by atoms with van der Waals surface area (Å²) in [5.74, 6) is -0.0487. The van der Waals surface area contributed by atoms with Crippen molar-refractivity contribution >= 4 is 5.78 Å². The largest absolute Gasteiger partial charge is 0.390 e. The minimum Gasteiger partial charge on any atom is -0.390 e. The Morgan fingerprint density at radius 1 is 1.75 bits per heavy atom. The van der Waals surface area contributed by atoms with Gasteiger partial charge in [-0.2, -0.15) is 0 Å². The Kier molecular flexibility index (Phi) is 2.35. The summed E-state index contributed by atoms with van der Waals surface area (Å²) in [7, 11) is 0. The van der Waals surface area contributed by atoms with Crippen LogP contribution in [-0.4, -0.2) is 28.7 Å². The molecule has 1 N–H and O–H groups in total. The fourth-order valence-corrected chi connectivity index (χ4v) is 1.09. The molecule has 1 fully saturated rings. The number of rotatable bonds is 4. The van der Waals surface area contributed by atoms with Crippen LogP contribution in [0.1, 0.15) is 20.3 Å². The van der Waals surface area contributed by atoms with E-state index in [9.17, 15) is 9.90 Å². The lowest BCUT2D eigenvalue weighted by atomic mass is 9.99. The average Bonchev–Trinajstić information content (AvgIpc) is 2.60. The average molecular weight is 170 g/mol. The first-order valence-corrected chi connectivity index (χ1v) is 3.97. The Morgan fingerprint density at radius 2 is 2.33 bits per heavy atom. The minimum absolute atomic E-state index is 0.0487. The molecule has 1 rings (SSSR count). The number of aliphatic hydroxyl groups is 1. The normalized spacial score (nSPS) is 28.2. The molecular formula is C9H14O3. The summed E-state index contributed by atoms with van der Waals surface area (Å²) in [6, 6.07) is 0. The fourth-order valence-electron chi connectivity index (χ4n) is 1.09. The number of hydrogen-bond donors (Lipinski definition) is 1. The monoisotopic (exact) mass is 170 g/mol. The highest BCUT2D eigenvalue weighted by Crippen LogP contribution is 2.26. The van der Waals surface area contributed by atoms with Gasteiger partial charge in [0.25, 0.3) is 0 Å². The molecule has 0 aromatic heterocycles. The molecule has 1 aliphatic rings. The van der Waals surface area contributed by atoms with Crippen LogP contribution in [0.2, 0.25) is 0 Å². The van der Waals surface area contributed by atoms with Gasteiger partial charge in [-0.05, 0) is 13.8 Å². The molecule has 0 radical (unpaired) electrons. The second-order valence-corrected chi connectivity index (χ2v) is 3.71. The molecule has 1 heterocycles. The minimum atomic E-state index is -0.936. The van der Waals surface area contributed by atoms with Gasteiger partial charge in [0.05, 0.1) is 5.60 Å².